The van der Waals surface area contributed by atoms with E-state index in [-0.39, 0.29) is 29.6 Å². The number of carbonyl (C=O) groups is 1. The predicted octanol–water partition coefficient (Wildman–Crippen LogP) is 4.53. The van der Waals surface area contributed by atoms with Crippen LogP contribution in [0.2, 0.25) is 0 Å². The maximum absolute atomic E-state index is 14.8. The lowest BCUT2D eigenvalue weighted by molar-refractivity contribution is 0.0586. The highest BCUT2D eigenvalue weighted by molar-refractivity contribution is 5.88. The van der Waals surface area contributed by atoms with Gasteiger partial charge in [0.2, 0.25) is 0 Å². The molecule has 35 heavy (non-hydrogen) atoms. The SMILES string of the molecule is O=C(O)c1ccc2c(c1F)O[C@H]1C[C@@H](O)[C@H](/C=C/C(O)C3(c4ccc(F)cc4F)CCC3)[C@H]1CC2. The monoisotopic (exact) mass is 488 g/mol. The van der Waals surface area contributed by atoms with Gasteiger partial charge in [0.15, 0.2) is 11.6 Å². The van der Waals surface area contributed by atoms with Crippen molar-refractivity contribution >= 4 is 5.97 Å². The minimum Gasteiger partial charge on any atom is -0.487 e. The molecule has 0 radical (unpaired) electrons. The first-order chi connectivity index (χ1) is 16.7. The second-order valence-electron chi connectivity index (χ2n) is 9.92. The molecule has 0 aromatic heterocycles. The zero-order valence-corrected chi connectivity index (χ0v) is 19.0. The van der Waals surface area contributed by atoms with Crippen molar-refractivity contribution in [2.75, 3.05) is 0 Å². The summed E-state index contributed by atoms with van der Waals surface area (Å²) in [5.41, 5.74) is -0.437. The van der Waals surface area contributed by atoms with Crippen LogP contribution >= 0.6 is 0 Å². The number of carboxylic acids is 1. The molecule has 8 heteroatoms. The van der Waals surface area contributed by atoms with Crippen molar-refractivity contribution in [1.29, 1.82) is 0 Å². The number of aromatic carboxylic acids is 1. The minimum atomic E-state index is -1.38. The molecule has 5 rings (SSSR count). The third-order valence-corrected chi connectivity index (χ3v) is 8.11. The molecule has 5 atom stereocenters. The molecule has 5 nitrogen and oxygen atoms in total. The molecule has 1 unspecified atom stereocenters. The van der Waals surface area contributed by atoms with E-state index in [1.807, 2.05) is 0 Å². The summed E-state index contributed by atoms with van der Waals surface area (Å²) in [5, 5.41) is 31.0. The Morgan fingerprint density at radius 2 is 1.94 bits per heavy atom. The molecule has 186 valence electrons. The van der Waals surface area contributed by atoms with E-state index in [9.17, 15) is 33.3 Å². The third kappa shape index (κ3) is 4.02. The Bertz CT molecular complexity index is 1180. The first-order valence-corrected chi connectivity index (χ1v) is 11.9. The topological polar surface area (TPSA) is 87.0 Å². The van der Waals surface area contributed by atoms with Crippen LogP contribution in [-0.2, 0) is 11.8 Å². The number of aliphatic hydroxyl groups excluding tert-OH is 2. The number of benzene rings is 2. The minimum absolute atomic E-state index is 0.0746. The quantitative estimate of drug-likeness (QED) is 0.539. The number of ether oxygens (including phenoxy) is 1. The second kappa shape index (κ2) is 8.99. The summed E-state index contributed by atoms with van der Waals surface area (Å²) in [4.78, 5) is 11.3. The predicted molar refractivity (Wildman–Crippen MR) is 121 cm³/mol. The van der Waals surface area contributed by atoms with Crippen molar-refractivity contribution in [3.05, 3.63) is 76.6 Å². The van der Waals surface area contributed by atoms with Crippen LogP contribution < -0.4 is 4.74 Å². The largest absolute Gasteiger partial charge is 0.487 e. The molecule has 0 spiro atoms. The smallest absolute Gasteiger partial charge is 0.338 e. The first kappa shape index (κ1) is 23.9. The molecule has 1 aliphatic heterocycles. The zero-order valence-electron chi connectivity index (χ0n) is 19.0. The van der Waals surface area contributed by atoms with Crippen LogP contribution in [0.1, 0.15) is 53.6 Å². The van der Waals surface area contributed by atoms with Gasteiger partial charge in [0.1, 0.15) is 17.7 Å². The van der Waals surface area contributed by atoms with Crippen LogP contribution in [0.5, 0.6) is 5.75 Å². The van der Waals surface area contributed by atoms with Gasteiger partial charge in [-0.05, 0) is 48.9 Å². The molecular weight excluding hydrogens is 461 g/mol. The highest BCUT2D eigenvalue weighted by Gasteiger charge is 2.47. The van der Waals surface area contributed by atoms with Gasteiger partial charge in [-0.2, -0.15) is 0 Å². The van der Waals surface area contributed by atoms with Crippen LogP contribution in [-0.4, -0.2) is 39.6 Å². The fraction of sp³-hybridized carbons (Fsp3) is 0.444. The molecule has 2 saturated carbocycles. The normalized spacial score (nSPS) is 27.9. The van der Waals surface area contributed by atoms with Gasteiger partial charge in [0.05, 0.1) is 17.8 Å². The molecule has 3 N–H and O–H groups in total. The Balaban J connectivity index is 1.37. The van der Waals surface area contributed by atoms with Crippen molar-refractivity contribution in [3.63, 3.8) is 0 Å². The molecule has 3 aliphatic rings. The first-order valence-electron chi connectivity index (χ1n) is 11.9. The van der Waals surface area contributed by atoms with E-state index >= 15 is 0 Å². The number of fused-ring (bicyclic) bond motifs is 2. The molecular formula is C27H27F3O5. The average molecular weight is 489 g/mol. The van der Waals surface area contributed by atoms with E-state index in [0.717, 1.165) is 12.5 Å². The number of aliphatic hydroxyl groups is 2. The standard InChI is InChI=1S/C27H27F3O5/c28-15-4-8-19(20(29)12-15)27(10-1-11-27)23(32)9-7-16-17-5-2-14-3-6-18(26(33)34)24(30)25(14)35-22(17)13-21(16)31/h3-4,6-9,12,16-17,21-23,31-32H,1-2,5,10-11,13H2,(H,33,34)/b9-7+/t16-,17-,21-,22+,23?/m1/s1. The van der Waals surface area contributed by atoms with E-state index in [2.05, 4.69) is 0 Å². The zero-order chi connectivity index (χ0) is 24.9. The lowest BCUT2D eigenvalue weighted by Gasteiger charge is -2.45. The van der Waals surface area contributed by atoms with Gasteiger partial charge in [-0.15, -0.1) is 0 Å². The molecule has 0 saturated heterocycles. The van der Waals surface area contributed by atoms with Crippen LogP contribution in [0.4, 0.5) is 13.2 Å². The summed E-state index contributed by atoms with van der Waals surface area (Å²) in [6.45, 7) is 0. The fourth-order valence-electron chi connectivity index (χ4n) is 6.04. The van der Waals surface area contributed by atoms with Gasteiger partial charge >= 0.3 is 5.97 Å². The maximum atomic E-state index is 14.8. The van der Waals surface area contributed by atoms with Crippen LogP contribution in [0.3, 0.4) is 0 Å². The molecule has 2 fully saturated rings. The van der Waals surface area contributed by atoms with Gasteiger partial charge < -0.3 is 20.1 Å². The molecule has 2 aliphatic carbocycles. The number of hydrogen-bond donors (Lipinski definition) is 3. The van der Waals surface area contributed by atoms with Gasteiger partial charge in [0, 0.05) is 29.7 Å². The van der Waals surface area contributed by atoms with Crippen LogP contribution in [0.25, 0.3) is 0 Å². The van der Waals surface area contributed by atoms with Crippen molar-refractivity contribution in [2.24, 2.45) is 11.8 Å². The van der Waals surface area contributed by atoms with Gasteiger partial charge in [-0.25, -0.2) is 18.0 Å². The van der Waals surface area contributed by atoms with Crippen molar-refractivity contribution in [2.45, 2.75) is 62.3 Å². The van der Waals surface area contributed by atoms with Gasteiger partial charge in [-0.3, -0.25) is 0 Å². The highest BCUT2D eigenvalue weighted by atomic mass is 19.1. The molecule has 2 aromatic rings. The van der Waals surface area contributed by atoms with Crippen molar-refractivity contribution < 1.29 is 38.0 Å². The summed E-state index contributed by atoms with van der Waals surface area (Å²) in [7, 11) is 0. The molecule has 0 amide bonds. The van der Waals surface area contributed by atoms with E-state index in [1.165, 1.54) is 18.2 Å². The fourth-order valence-corrected chi connectivity index (χ4v) is 6.04. The second-order valence-corrected chi connectivity index (χ2v) is 9.92. The molecule has 0 bridgehead atoms. The maximum Gasteiger partial charge on any atom is 0.338 e. The van der Waals surface area contributed by atoms with Gasteiger partial charge in [0.25, 0.3) is 0 Å². The Morgan fingerprint density at radius 3 is 2.60 bits per heavy atom. The Morgan fingerprint density at radius 1 is 1.17 bits per heavy atom. The van der Waals surface area contributed by atoms with Gasteiger partial charge in [-0.1, -0.05) is 30.7 Å². The average Bonchev–Trinajstić information content (AvgIpc) is 2.94. The molecule has 2 aromatic carbocycles. The highest BCUT2D eigenvalue weighted by Crippen LogP contribution is 2.49. The summed E-state index contributed by atoms with van der Waals surface area (Å²) < 4.78 is 48.7. The number of hydrogen-bond acceptors (Lipinski definition) is 4. The van der Waals surface area contributed by atoms with E-state index in [4.69, 9.17) is 4.74 Å². The van der Waals surface area contributed by atoms with E-state index < -0.39 is 52.7 Å². The summed E-state index contributed by atoms with van der Waals surface area (Å²) in [6, 6.07) is 6.20. The number of rotatable bonds is 5. The Kier molecular flexibility index (Phi) is 6.13. The Labute approximate surface area is 200 Å². The number of carboxylic acid groups (broad SMARTS) is 1. The Hall–Kier alpha value is -2.84. The van der Waals surface area contributed by atoms with Crippen LogP contribution in [0.15, 0.2) is 42.5 Å². The lowest BCUT2D eigenvalue weighted by atomic mass is 9.60. The molecule has 1 heterocycles. The van der Waals surface area contributed by atoms with Crippen molar-refractivity contribution in [3.8, 4) is 5.75 Å². The summed E-state index contributed by atoms with van der Waals surface area (Å²) in [6.07, 6.45) is 4.21. The lowest BCUT2D eigenvalue weighted by Crippen LogP contribution is -2.45. The number of halogens is 3. The van der Waals surface area contributed by atoms with Crippen molar-refractivity contribution in [1.82, 2.24) is 0 Å². The third-order valence-electron chi connectivity index (χ3n) is 8.11. The van der Waals surface area contributed by atoms with E-state index in [1.54, 1.807) is 18.2 Å². The summed E-state index contributed by atoms with van der Waals surface area (Å²) in [5.74, 6) is -4.27. The summed E-state index contributed by atoms with van der Waals surface area (Å²) >= 11 is 0. The number of aryl methyl sites for hydroxylation is 1. The van der Waals surface area contributed by atoms with Crippen LogP contribution in [0, 0.1) is 29.3 Å². The van der Waals surface area contributed by atoms with E-state index in [0.29, 0.717) is 31.2 Å².